The molecule has 0 unspecified atom stereocenters. The lowest BCUT2D eigenvalue weighted by atomic mass is 9.81. The molecule has 0 atom stereocenters. The highest BCUT2D eigenvalue weighted by molar-refractivity contribution is 5.41. The number of hydrogen-bond acceptors (Lipinski definition) is 1. The van der Waals surface area contributed by atoms with Crippen LogP contribution in [0.2, 0.25) is 0 Å². The number of aryl methyl sites for hydroxylation is 1. The van der Waals surface area contributed by atoms with Gasteiger partial charge < -0.3 is 10.7 Å². The van der Waals surface area contributed by atoms with Gasteiger partial charge in [-0.25, -0.2) is 0 Å². The molecular formula is C12H18N2. The molecular weight excluding hydrogens is 172 g/mol. The molecule has 2 aliphatic carbocycles. The molecule has 76 valence electrons. The smallest absolute Gasteiger partial charge is 0.0229 e. The van der Waals surface area contributed by atoms with E-state index >= 15 is 0 Å². The molecule has 1 fully saturated rings. The summed E-state index contributed by atoms with van der Waals surface area (Å²) in [5, 5.41) is 0. The molecule has 1 aromatic rings. The third-order valence-electron chi connectivity index (χ3n) is 3.91. The lowest BCUT2D eigenvalue weighted by Gasteiger charge is -2.26. The molecule has 0 radical (unpaired) electrons. The molecule has 0 saturated heterocycles. The molecule has 1 saturated carbocycles. The summed E-state index contributed by atoms with van der Waals surface area (Å²) < 4.78 is 0. The molecule has 1 heterocycles. The first-order valence-electron chi connectivity index (χ1n) is 5.82. The van der Waals surface area contributed by atoms with Gasteiger partial charge in [-0.3, -0.25) is 0 Å². The average molecular weight is 190 g/mol. The number of nitrogens with two attached hydrogens (primary N) is 1. The summed E-state index contributed by atoms with van der Waals surface area (Å²) >= 11 is 0. The SMILES string of the molecule is NCc1c(C2CCC2)[nH]c2c1CCC2. The predicted octanol–water partition coefficient (Wildman–Crippen LogP) is 2.23. The van der Waals surface area contributed by atoms with Gasteiger partial charge in [0, 0.05) is 17.9 Å². The van der Waals surface area contributed by atoms with Gasteiger partial charge in [0.05, 0.1) is 0 Å². The van der Waals surface area contributed by atoms with Crippen LogP contribution in [0.4, 0.5) is 0 Å². The Kier molecular flexibility index (Phi) is 1.91. The Morgan fingerprint density at radius 1 is 1.21 bits per heavy atom. The van der Waals surface area contributed by atoms with Crippen LogP contribution in [-0.2, 0) is 19.4 Å². The second kappa shape index (κ2) is 3.13. The zero-order valence-electron chi connectivity index (χ0n) is 8.60. The highest BCUT2D eigenvalue weighted by Crippen LogP contribution is 2.40. The van der Waals surface area contributed by atoms with Crippen molar-refractivity contribution < 1.29 is 0 Å². The Morgan fingerprint density at radius 3 is 2.71 bits per heavy atom. The van der Waals surface area contributed by atoms with Gasteiger partial charge in [0.1, 0.15) is 0 Å². The third-order valence-corrected chi connectivity index (χ3v) is 3.91. The quantitative estimate of drug-likeness (QED) is 0.737. The molecule has 2 aliphatic rings. The topological polar surface area (TPSA) is 41.8 Å². The molecule has 2 nitrogen and oxygen atoms in total. The number of fused-ring (bicyclic) bond motifs is 1. The van der Waals surface area contributed by atoms with E-state index in [1.54, 1.807) is 5.56 Å². The van der Waals surface area contributed by atoms with E-state index in [1.165, 1.54) is 55.5 Å². The van der Waals surface area contributed by atoms with Gasteiger partial charge >= 0.3 is 0 Å². The molecule has 0 bridgehead atoms. The van der Waals surface area contributed by atoms with E-state index in [-0.39, 0.29) is 0 Å². The second-order valence-corrected chi connectivity index (χ2v) is 4.66. The van der Waals surface area contributed by atoms with Crippen molar-refractivity contribution in [3.8, 4) is 0 Å². The van der Waals surface area contributed by atoms with Crippen LogP contribution in [0.1, 0.15) is 54.1 Å². The molecule has 0 aliphatic heterocycles. The van der Waals surface area contributed by atoms with Crippen LogP contribution in [0.5, 0.6) is 0 Å². The fourth-order valence-electron chi connectivity index (χ4n) is 2.89. The lowest BCUT2D eigenvalue weighted by Crippen LogP contribution is -2.13. The maximum Gasteiger partial charge on any atom is 0.0229 e. The number of rotatable bonds is 2. The van der Waals surface area contributed by atoms with Crippen molar-refractivity contribution in [3.05, 3.63) is 22.5 Å². The zero-order chi connectivity index (χ0) is 9.54. The van der Waals surface area contributed by atoms with E-state index in [9.17, 15) is 0 Å². The number of aromatic amines is 1. The van der Waals surface area contributed by atoms with E-state index in [1.807, 2.05) is 0 Å². The first-order valence-corrected chi connectivity index (χ1v) is 5.82. The van der Waals surface area contributed by atoms with Crippen molar-refractivity contribution >= 4 is 0 Å². The summed E-state index contributed by atoms with van der Waals surface area (Å²) in [6.45, 7) is 0.734. The largest absolute Gasteiger partial charge is 0.362 e. The summed E-state index contributed by atoms with van der Waals surface area (Å²) in [6.07, 6.45) is 7.95. The van der Waals surface area contributed by atoms with Crippen LogP contribution in [0.15, 0.2) is 0 Å². The first-order chi connectivity index (χ1) is 6.90. The minimum Gasteiger partial charge on any atom is -0.362 e. The second-order valence-electron chi connectivity index (χ2n) is 4.66. The van der Waals surface area contributed by atoms with Gasteiger partial charge in [-0.1, -0.05) is 6.42 Å². The van der Waals surface area contributed by atoms with Crippen LogP contribution in [-0.4, -0.2) is 4.98 Å². The Hall–Kier alpha value is -0.760. The van der Waals surface area contributed by atoms with Gasteiger partial charge in [-0.2, -0.15) is 0 Å². The van der Waals surface area contributed by atoms with E-state index in [4.69, 9.17) is 5.73 Å². The highest BCUT2D eigenvalue weighted by atomic mass is 14.8. The maximum absolute atomic E-state index is 5.86. The summed E-state index contributed by atoms with van der Waals surface area (Å²) in [5.74, 6) is 0.805. The van der Waals surface area contributed by atoms with Crippen molar-refractivity contribution in [2.75, 3.05) is 0 Å². The molecule has 3 rings (SSSR count). The Morgan fingerprint density at radius 2 is 2.07 bits per heavy atom. The van der Waals surface area contributed by atoms with Gasteiger partial charge in [0.15, 0.2) is 0 Å². The van der Waals surface area contributed by atoms with Crippen molar-refractivity contribution in [1.29, 1.82) is 0 Å². The fourth-order valence-corrected chi connectivity index (χ4v) is 2.89. The van der Waals surface area contributed by atoms with E-state index in [2.05, 4.69) is 4.98 Å². The van der Waals surface area contributed by atoms with E-state index < -0.39 is 0 Å². The van der Waals surface area contributed by atoms with Crippen molar-refractivity contribution in [2.45, 2.75) is 51.0 Å². The highest BCUT2D eigenvalue weighted by Gasteiger charge is 2.28. The number of hydrogen-bond donors (Lipinski definition) is 2. The zero-order valence-corrected chi connectivity index (χ0v) is 8.60. The first kappa shape index (κ1) is 8.54. The molecule has 0 aromatic carbocycles. The van der Waals surface area contributed by atoms with Crippen LogP contribution in [0.3, 0.4) is 0 Å². The van der Waals surface area contributed by atoms with Crippen molar-refractivity contribution in [3.63, 3.8) is 0 Å². The summed E-state index contributed by atoms with van der Waals surface area (Å²) in [5.41, 5.74) is 11.9. The van der Waals surface area contributed by atoms with Gasteiger partial charge in [0.25, 0.3) is 0 Å². The van der Waals surface area contributed by atoms with Crippen LogP contribution in [0, 0.1) is 0 Å². The minimum absolute atomic E-state index is 0.734. The number of H-pyrrole nitrogens is 1. The fraction of sp³-hybridized carbons (Fsp3) is 0.667. The normalized spacial score (nSPS) is 20.9. The number of aromatic nitrogens is 1. The third kappa shape index (κ3) is 1.07. The van der Waals surface area contributed by atoms with Crippen molar-refractivity contribution in [2.24, 2.45) is 5.73 Å². The molecule has 0 amide bonds. The maximum atomic E-state index is 5.86. The van der Waals surface area contributed by atoms with Crippen LogP contribution < -0.4 is 5.73 Å². The van der Waals surface area contributed by atoms with Crippen LogP contribution >= 0.6 is 0 Å². The van der Waals surface area contributed by atoms with Crippen molar-refractivity contribution in [1.82, 2.24) is 4.98 Å². The summed E-state index contributed by atoms with van der Waals surface area (Å²) in [4.78, 5) is 3.64. The summed E-state index contributed by atoms with van der Waals surface area (Å²) in [7, 11) is 0. The minimum atomic E-state index is 0.734. The van der Waals surface area contributed by atoms with E-state index in [0.717, 1.165) is 12.5 Å². The molecule has 3 N–H and O–H groups in total. The monoisotopic (exact) mass is 190 g/mol. The van der Waals surface area contributed by atoms with Gasteiger partial charge in [-0.05, 0) is 49.1 Å². The molecule has 1 aromatic heterocycles. The van der Waals surface area contributed by atoms with Gasteiger partial charge in [-0.15, -0.1) is 0 Å². The van der Waals surface area contributed by atoms with Crippen LogP contribution in [0.25, 0.3) is 0 Å². The Balaban J connectivity index is 2.02. The standard InChI is InChI=1S/C12H18N2/c13-7-10-9-5-2-6-11(9)14-12(10)8-3-1-4-8/h8,14H,1-7,13H2. The molecule has 14 heavy (non-hydrogen) atoms. The number of nitrogens with one attached hydrogen (secondary N) is 1. The predicted molar refractivity (Wildman–Crippen MR) is 57.3 cm³/mol. The Bertz CT molecular complexity index is 347. The summed E-state index contributed by atoms with van der Waals surface area (Å²) in [6, 6.07) is 0. The molecule has 0 spiro atoms. The average Bonchev–Trinajstić information content (AvgIpc) is 2.60. The Labute approximate surface area is 84.9 Å². The molecule has 2 heteroatoms. The van der Waals surface area contributed by atoms with E-state index in [0.29, 0.717) is 0 Å². The van der Waals surface area contributed by atoms with Gasteiger partial charge in [0.2, 0.25) is 0 Å². The lowest BCUT2D eigenvalue weighted by molar-refractivity contribution is 0.409.